The number of para-hydroxylation sites is 1. The summed E-state index contributed by atoms with van der Waals surface area (Å²) >= 11 is 0. The lowest BCUT2D eigenvalue weighted by Crippen LogP contribution is -2.49. The Hall–Kier alpha value is -2.86. The minimum atomic E-state index is -0.112. The number of nitrogens with zero attached hydrogens (tertiary/aromatic N) is 1. The summed E-state index contributed by atoms with van der Waals surface area (Å²) in [5, 5.41) is 6.10. The minimum absolute atomic E-state index is 0.0546. The summed E-state index contributed by atoms with van der Waals surface area (Å²) in [6.07, 6.45) is 0.325. The highest BCUT2D eigenvalue weighted by atomic mass is 16.5. The van der Waals surface area contributed by atoms with Gasteiger partial charge >= 0.3 is 0 Å². The molecule has 0 aromatic heterocycles. The number of benzene rings is 2. The van der Waals surface area contributed by atoms with E-state index >= 15 is 0 Å². The average molecular weight is 367 g/mol. The number of carbonyl (C=O) groups excluding carboxylic acids is 2. The maximum absolute atomic E-state index is 13.0. The van der Waals surface area contributed by atoms with Crippen LogP contribution < -0.4 is 15.4 Å². The Morgan fingerprint density at radius 2 is 1.93 bits per heavy atom. The molecular weight excluding hydrogens is 342 g/mol. The molecule has 2 N–H and O–H groups in total. The predicted octanol–water partition coefficient (Wildman–Crippen LogP) is 2.37. The Kier molecular flexibility index (Phi) is 6.08. The lowest BCUT2D eigenvalue weighted by molar-refractivity contribution is -0.133. The Morgan fingerprint density at radius 1 is 1.19 bits per heavy atom. The van der Waals surface area contributed by atoms with Crippen molar-refractivity contribution in [2.75, 3.05) is 32.1 Å². The molecule has 0 saturated carbocycles. The zero-order valence-corrected chi connectivity index (χ0v) is 15.7. The molecule has 3 rings (SSSR count). The van der Waals surface area contributed by atoms with E-state index < -0.39 is 0 Å². The van der Waals surface area contributed by atoms with E-state index in [2.05, 4.69) is 10.6 Å². The van der Waals surface area contributed by atoms with Gasteiger partial charge in [0.2, 0.25) is 11.8 Å². The van der Waals surface area contributed by atoms with Crippen molar-refractivity contribution in [2.24, 2.45) is 0 Å². The summed E-state index contributed by atoms with van der Waals surface area (Å²) in [5.74, 6) is 0.766. The first kappa shape index (κ1) is 18.9. The number of nitrogens with one attached hydrogen (secondary N) is 2. The van der Waals surface area contributed by atoms with Gasteiger partial charge in [0.15, 0.2) is 0 Å². The van der Waals surface area contributed by atoms with Gasteiger partial charge < -0.3 is 20.3 Å². The molecule has 2 aromatic carbocycles. The fourth-order valence-corrected chi connectivity index (χ4v) is 3.41. The van der Waals surface area contributed by atoms with E-state index in [1.54, 1.807) is 7.11 Å². The van der Waals surface area contributed by atoms with E-state index in [-0.39, 0.29) is 17.9 Å². The second-order valence-corrected chi connectivity index (χ2v) is 6.60. The van der Waals surface area contributed by atoms with E-state index in [1.165, 1.54) is 6.92 Å². The van der Waals surface area contributed by atoms with Crippen LogP contribution in [0.3, 0.4) is 0 Å². The van der Waals surface area contributed by atoms with Crippen molar-refractivity contribution in [1.82, 2.24) is 10.2 Å². The van der Waals surface area contributed by atoms with Gasteiger partial charge in [-0.05, 0) is 23.8 Å². The van der Waals surface area contributed by atoms with Gasteiger partial charge in [0, 0.05) is 37.8 Å². The van der Waals surface area contributed by atoms with Gasteiger partial charge in [0.05, 0.1) is 19.6 Å². The zero-order chi connectivity index (χ0) is 19.2. The van der Waals surface area contributed by atoms with Crippen molar-refractivity contribution in [3.8, 4) is 5.75 Å². The number of rotatable bonds is 5. The molecule has 1 fully saturated rings. The van der Waals surface area contributed by atoms with Crippen LogP contribution in [0.1, 0.15) is 24.1 Å². The van der Waals surface area contributed by atoms with Crippen LogP contribution in [0.4, 0.5) is 5.69 Å². The molecule has 0 spiro atoms. The lowest BCUT2D eigenvalue weighted by atomic mass is 10.0. The summed E-state index contributed by atoms with van der Waals surface area (Å²) in [5.41, 5.74) is 2.67. The third kappa shape index (κ3) is 4.65. The number of hydrogen-bond donors (Lipinski definition) is 2. The highest BCUT2D eigenvalue weighted by Crippen LogP contribution is 2.30. The second kappa shape index (κ2) is 8.68. The quantitative estimate of drug-likeness (QED) is 0.851. The van der Waals surface area contributed by atoms with Gasteiger partial charge in [0.25, 0.3) is 0 Å². The highest BCUT2D eigenvalue weighted by molar-refractivity contribution is 5.88. The second-order valence-electron chi connectivity index (χ2n) is 6.60. The largest absolute Gasteiger partial charge is 0.496 e. The molecule has 1 heterocycles. The molecule has 0 aliphatic carbocycles. The van der Waals surface area contributed by atoms with E-state index in [1.807, 2.05) is 53.4 Å². The predicted molar refractivity (Wildman–Crippen MR) is 105 cm³/mol. The van der Waals surface area contributed by atoms with Crippen molar-refractivity contribution in [3.05, 3.63) is 59.7 Å². The first-order valence-electron chi connectivity index (χ1n) is 9.08. The number of methoxy groups -OCH3 is 1. The highest BCUT2D eigenvalue weighted by Gasteiger charge is 2.29. The van der Waals surface area contributed by atoms with Gasteiger partial charge in [-0.3, -0.25) is 9.59 Å². The van der Waals surface area contributed by atoms with Crippen molar-refractivity contribution in [1.29, 1.82) is 0 Å². The van der Waals surface area contributed by atoms with Crippen LogP contribution in [0.25, 0.3) is 0 Å². The van der Waals surface area contributed by atoms with Crippen molar-refractivity contribution >= 4 is 17.5 Å². The third-order valence-corrected chi connectivity index (χ3v) is 4.69. The minimum Gasteiger partial charge on any atom is -0.496 e. The van der Waals surface area contributed by atoms with Crippen molar-refractivity contribution in [3.63, 3.8) is 0 Å². The maximum Gasteiger partial charge on any atom is 0.227 e. The van der Waals surface area contributed by atoms with Crippen LogP contribution in [0.15, 0.2) is 48.5 Å². The van der Waals surface area contributed by atoms with E-state index in [0.717, 1.165) is 29.1 Å². The fourth-order valence-electron chi connectivity index (χ4n) is 3.41. The van der Waals surface area contributed by atoms with E-state index in [9.17, 15) is 9.59 Å². The standard InChI is InChI=1S/C21H25N3O3/c1-15(25)23-17-9-7-16(8-10-17)13-21(26)24-12-11-22-14-19(24)18-5-3-4-6-20(18)27-2/h3-10,19,22H,11-14H2,1-2H3,(H,23,25). The molecule has 6 nitrogen and oxygen atoms in total. The van der Waals surface area contributed by atoms with E-state index in [4.69, 9.17) is 4.74 Å². The summed E-state index contributed by atoms with van der Waals surface area (Å²) in [4.78, 5) is 26.0. The van der Waals surface area contributed by atoms with Crippen LogP contribution >= 0.6 is 0 Å². The lowest BCUT2D eigenvalue weighted by Gasteiger charge is -2.37. The zero-order valence-electron chi connectivity index (χ0n) is 15.7. The molecule has 1 atom stereocenters. The first-order chi connectivity index (χ1) is 13.1. The summed E-state index contributed by atoms with van der Waals surface area (Å²) < 4.78 is 5.49. The molecule has 0 bridgehead atoms. The SMILES string of the molecule is COc1ccccc1C1CNCCN1C(=O)Cc1ccc(NC(C)=O)cc1. The Morgan fingerprint density at radius 3 is 2.63 bits per heavy atom. The molecular formula is C21H25N3O3. The number of anilines is 1. The molecule has 1 unspecified atom stereocenters. The van der Waals surface area contributed by atoms with Crippen LogP contribution in [-0.2, 0) is 16.0 Å². The molecule has 1 aliphatic rings. The van der Waals surface area contributed by atoms with Crippen molar-refractivity contribution in [2.45, 2.75) is 19.4 Å². The Labute approximate surface area is 159 Å². The number of piperazine rings is 1. The van der Waals surface area contributed by atoms with E-state index in [0.29, 0.717) is 19.5 Å². The molecule has 0 radical (unpaired) electrons. The number of hydrogen-bond acceptors (Lipinski definition) is 4. The summed E-state index contributed by atoms with van der Waals surface area (Å²) in [7, 11) is 1.65. The van der Waals surface area contributed by atoms with Crippen LogP contribution in [0, 0.1) is 0 Å². The third-order valence-electron chi connectivity index (χ3n) is 4.69. The van der Waals surface area contributed by atoms with Crippen molar-refractivity contribution < 1.29 is 14.3 Å². The molecule has 1 saturated heterocycles. The Bertz CT molecular complexity index is 805. The normalized spacial score (nSPS) is 16.7. The molecule has 2 amide bonds. The Balaban J connectivity index is 1.74. The van der Waals surface area contributed by atoms with Gasteiger partial charge in [0.1, 0.15) is 5.75 Å². The molecule has 2 aromatic rings. The van der Waals surface area contributed by atoms with Crippen LogP contribution in [0.5, 0.6) is 5.75 Å². The number of carbonyl (C=O) groups is 2. The maximum atomic E-state index is 13.0. The first-order valence-corrected chi connectivity index (χ1v) is 9.08. The van der Waals surface area contributed by atoms with Gasteiger partial charge in [-0.25, -0.2) is 0 Å². The molecule has 27 heavy (non-hydrogen) atoms. The number of amides is 2. The fraction of sp³-hybridized carbons (Fsp3) is 0.333. The van der Waals surface area contributed by atoms with Crippen LogP contribution in [-0.4, -0.2) is 43.5 Å². The molecule has 6 heteroatoms. The van der Waals surface area contributed by atoms with Gasteiger partial charge in [-0.15, -0.1) is 0 Å². The smallest absolute Gasteiger partial charge is 0.227 e. The van der Waals surface area contributed by atoms with Gasteiger partial charge in [-0.1, -0.05) is 30.3 Å². The molecule has 1 aliphatic heterocycles. The summed E-state index contributed by atoms with van der Waals surface area (Å²) in [6.45, 7) is 3.61. The summed E-state index contributed by atoms with van der Waals surface area (Å²) in [6, 6.07) is 15.2. The van der Waals surface area contributed by atoms with Crippen LogP contribution in [0.2, 0.25) is 0 Å². The number of ether oxygens (including phenoxy) is 1. The average Bonchev–Trinajstić information content (AvgIpc) is 2.69. The molecule has 142 valence electrons. The van der Waals surface area contributed by atoms with Gasteiger partial charge in [-0.2, -0.15) is 0 Å². The topological polar surface area (TPSA) is 70.7 Å². The monoisotopic (exact) mass is 367 g/mol.